The van der Waals surface area contributed by atoms with E-state index in [0.717, 1.165) is 0 Å². The summed E-state index contributed by atoms with van der Waals surface area (Å²) < 4.78 is 25.3. The molecule has 12 heteroatoms. The lowest BCUT2D eigenvalue weighted by atomic mass is 10.1. The van der Waals surface area contributed by atoms with Crippen molar-refractivity contribution in [1.29, 1.82) is 0 Å². The van der Waals surface area contributed by atoms with Crippen LogP contribution in [0.15, 0.2) is 61.1 Å². The molecule has 0 spiro atoms. The molecule has 1 aliphatic rings. The Morgan fingerprint density at radius 1 is 1.05 bits per heavy atom. The van der Waals surface area contributed by atoms with Crippen molar-refractivity contribution in [3.63, 3.8) is 0 Å². The molecular weight excluding hydrogens is 505 g/mol. The third kappa shape index (κ3) is 6.79. The summed E-state index contributed by atoms with van der Waals surface area (Å²) in [6, 6.07) is 11.2. The SMILES string of the molecule is O=C(Nc1ccncc1)C1COC(Cc2nc(-c3ccc(F)cc3)c(-c3ccnc(NCCCO)n3)[nH]2)OC1. The number of aliphatic hydroxyl groups is 1. The fourth-order valence-electron chi connectivity index (χ4n) is 4.03. The Hall–Kier alpha value is -4.26. The van der Waals surface area contributed by atoms with Gasteiger partial charge in [-0.05, 0) is 48.9 Å². The van der Waals surface area contributed by atoms with Gasteiger partial charge in [-0.2, -0.15) is 0 Å². The number of aliphatic hydroxyl groups excluding tert-OH is 1. The predicted molar refractivity (Wildman–Crippen MR) is 141 cm³/mol. The van der Waals surface area contributed by atoms with Gasteiger partial charge in [-0.25, -0.2) is 19.3 Å². The molecule has 202 valence electrons. The number of nitrogens with one attached hydrogen (secondary N) is 3. The molecule has 0 bridgehead atoms. The lowest BCUT2D eigenvalue weighted by molar-refractivity contribution is -0.199. The first-order valence-electron chi connectivity index (χ1n) is 12.6. The van der Waals surface area contributed by atoms with Crippen LogP contribution in [0.3, 0.4) is 0 Å². The van der Waals surface area contributed by atoms with Crippen molar-refractivity contribution >= 4 is 17.5 Å². The Labute approximate surface area is 223 Å². The number of carbonyl (C=O) groups is 1. The van der Waals surface area contributed by atoms with E-state index in [-0.39, 0.29) is 31.5 Å². The number of H-pyrrole nitrogens is 1. The van der Waals surface area contributed by atoms with E-state index in [1.165, 1.54) is 12.1 Å². The van der Waals surface area contributed by atoms with Crippen LogP contribution < -0.4 is 10.6 Å². The van der Waals surface area contributed by atoms with Gasteiger partial charge in [0.15, 0.2) is 6.29 Å². The number of carbonyl (C=O) groups excluding carboxylic acids is 1. The third-order valence-electron chi connectivity index (χ3n) is 6.05. The maximum Gasteiger partial charge on any atom is 0.232 e. The van der Waals surface area contributed by atoms with Gasteiger partial charge in [-0.1, -0.05) is 0 Å². The summed E-state index contributed by atoms with van der Waals surface area (Å²) >= 11 is 0. The molecule has 1 aromatic carbocycles. The number of aromatic nitrogens is 5. The molecule has 0 atom stereocenters. The highest BCUT2D eigenvalue weighted by Crippen LogP contribution is 2.30. The second-order valence-electron chi connectivity index (χ2n) is 8.91. The van der Waals surface area contributed by atoms with Crippen LogP contribution >= 0.6 is 0 Å². The molecule has 0 saturated carbocycles. The zero-order valence-electron chi connectivity index (χ0n) is 21.0. The van der Waals surface area contributed by atoms with Crippen LogP contribution in [0.4, 0.5) is 16.0 Å². The summed E-state index contributed by atoms with van der Waals surface area (Å²) in [7, 11) is 0. The number of pyridine rings is 1. The summed E-state index contributed by atoms with van der Waals surface area (Å²) in [5, 5.41) is 15.0. The van der Waals surface area contributed by atoms with Crippen molar-refractivity contribution in [3.8, 4) is 22.6 Å². The van der Waals surface area contributed by atoms with Gasteiger partial charge in [0, 0.05) is 43.0 Å². The predicted octanol–water partition coefficient (Wildman–Crippen LogP) is 3.03. The number of nitrogens with zero attached hydrogens (tertiary/aromatic N) is 4. The summed E-state index contributed by atoms with van der Waals surface area (Å²) in [5.74, 6) is 0.0133. The summed E-state index contributed by atoms with van der Waals surface area (Å²) in [6.07, 6.45) is 5.11. The Bertz CT molecular complexity index is 1380. The fourth-order valence-corrected chi connectivity index (χ4v) is 4.03. The van der Waals surface area contributed by atoms with Crippen molar-refractivity contribution in [2.75, 3.05) is 37.0 Å². The van der Waals surface area contributed by atoms with Gasteiger partial charge < -0.3 is 30.2 Å². The van der Waals surface area contributed by atoms with Gasteiger partial charge in [0.2, 0.25) is 11.9 Å². The molecule has 1 amide bonds. The maximum atomic E-state index is 13.6. The minimum atomic E-state index is -0.601. The van der Waals surface area contributed by atoms with Crippen LogP contribution in [0.25, 0.3) is 22.6 Å². The van der Waals surface area contributed by atoms with E-state index < -0.39 is 12.2 Å². The van der Waals surface area contributed by atoms with Crippen LogP contribution in [0.5, 0.6) is 0 Å². The van der Waals surface area contributed by atoms with Crippen LogP contribution in [-0.4, -0.2) is 68.6 Å². The minimum Gasteiger partial charge on any atom is -0.396 e. The van der Waals surface area contributed by atoms with E-state index in [4.69, 9.17) is 19.6 Å². The average molecular weight is 534 g/mol. The Kier molecular flexibility index (Phi) is 8.46. The first-order valence-corrected chi connectivity index (χ1v) is 12.6. The smallest absolute Gasteiger partial charge is 0.232 e. The van der Waals surface area contributed by atoms with E-state index >= 15 is 0 Å². The number of rotatable bonds is 10. The van der Waals surface area contributed by atoms with Gasteiger partial charge in [0.05, 0.1) is 42.6 Å². The number of anilines is 2. The highest BCUT2D eigenvalue weighted by Gasteiger charge is 2.29. The molecule has 1 saturated heterocycles. The van der Waals surface area contributed by atoms with E-state index in [1.807, 2.05) is 0 Å². The van der Waals surface area contributed by atoms with Gasteiger partial charge in [0.25, 0.3) is 0 Å². The Morgan fingerprint density at radius 2 is 1.82 bits per heavy atom. The Morgan fingerprint density at radius 3 is 2.56 bits per heavy atom. The van der Waals surface area contributed by atoms with Gasteiger partial charge in [-0.3, -0.25) is 9.78 Å². The number of aromatic amines is 1. The van der Waals surface area contributed by atoms with Crippen LogP contribution in [0, 0.1) is 11.7 Å². The second kappa shape index (κ2) is 12.5. The molecule has 3 aromatic heterocycles. The van der Waals surface area contributed by atoms with Crippen molar-refractivity contribution in [1.82, 2.24) is 24.9 Å². The van der Waals surface area contributed by atoms with E-state index in [2.05, 4.69) is 30.6 Å². The second-order valence-corrected chi connectivity index (χ2v) is 8.91. The van der Waals surface area contributed by atoms with Gasteiger partial charge >= 0.3 is 0 Å². The standard InChI is InChI=1S/C27H28FN7O4/c28-19-4-2-17(3-5-19)24-25(21-8-12-31-27(33-21)30-9-1-13-36)35-22(34-24)14-23-38-15-18(16-39-23)26(37)32-20-6-10-29-11-7-20/h2-8,10-12,18,23,36H,1,9,13-16H2,(H,34,35)(H,29,32,37)(H,30,31,33). The fraction of sp³-hybridized carbons (Fsp3) is 0.296. The number of ether oxygens (including phenoxy) is 2. The topological polar surface area (TPSA) is 147 Å². The van der Waals surface area contributed by atoms with Crippen molar-refractivity contribution in [2.24, 2.45) is 5.92 Å². The molecule has 4 aromatic rings. The number of halogens is 1. The molecule has 1 fully saturated rings. The zero-order valence-corrected chi connectivity index (χ0v) is 21.0. The zero-order chi connectivity index (χ0) is 27.0. The van der Waals surface area contributed by atoms with Crippen molar-refractivity contribution in [2.45, 2.75) is 19.1 Å². The molecule has 1 aliphatic heterocycles. The summed E-state index contributed by atoms with van der Waals surface area (Å²) in [6.45, 7) is 0.993. The molecule has 0 aliphatic carbocycles. The lowest BCUT2D eigenvalue weighted by Gasteiger charge is -2.28. The maximum absolute atomic E-state index is 13.6. The molecule has 5 rings (SSSR count). The van der Waals surface area contributed by atoms with E-state index in [9.17, 15) is 9.18 Å². The van der Waals surface area contributed by atoms with E-state index in [1.54, 1.807) is 48.9 Å². The number of hydrogen-bond donors (Lipinski definition) is 4. The van der Waals surface area contributed by atoms with Crippen LogP contribution in [-0.2, 0) is 20.7 Å². The van der Waals surface area contributed by atoms with E-state index in [0.29, 0.717) is 59.5 Å². The molecule has 4 heterocycles. The third-order valence-corrected chi connectivity index (χ3v) is 6.05. The molecule has 0 radical (unpaired) electrons. The first kappa shape index (κ1) is 26.4. The lowest BCUT2D eigenvalue weighted by Crippen LogP contribution is -2.39. The average Bonchev–Trinajstić information content (AvgIpc) is 3.38. The van der Waals surface area contributed by atoms with Crippen LogP contribution in [0.2, 0.25) is 0 Å². The molecule has 39 heavy (non-hydrogen) atoms. The monoisotopic (exact) mass is 533 g/mol. The molecular formula is C27H28FN7O4. The highest BCUT2D eigenvalue weighted by atomic mass is 19.1. The molecule has 4 N–H and O–H groups in total. The number of benzene rings is 1. The quantitative estimate of drug-likeness (QED) is 0.226. The van der Waals surface area contributed by atoms with Gasteiger partial charge in [-0.15, -0.1) is 0 Å². The molecule has 11 nitrogen and oxygen atoms in total. The number of hydrogen-bond acceptors (Lipinski definition) is 9. The van der Waals surface area contributed by atoms with Crippen LogP contribution in [0.1, 0.15) is 12.2 Å². The van der Waals surface area contributed by atoms with Gasteiger partial charge in [0.1, 0.15) is 11.6 Å². The first-order chi connectivity index (χ1) is 19.1. The normalized spacial score (nSPS) is 17.1. The largest absolute Gasteiger partial charge is 0.396 e. The number of amides is 1. The summed E-state index contributed by atoms with van der Waals surface area (Å²) in [5.41, 5.74) is 3.18. The molecule has 0 unspecified atom stereocenters. The summed E-state index contributed by atoms with van der Waals surface area (Å²) in [4.78, 5) is 33.4. The minimum absolute atomic E-state index is 0.0623. The van der Waals surface area contributed by atoms with Crippen molar-refractivity contribution < 1.29 is 23.8 Å². The number of imidazole rings is 1. The van der Waals surface area contributed by atoms with Crippen molar-refractivity contribution in [3.05, 3.63) is 72.7 Å². The Balaban J connectivity index is 1.30. The highest BCUT2D eigenvalue weighted by molar-refractivity contribution is 5.92.